The van der Waals surface area contributed by atoms with Crippen molar-refractivity contribution in [3.05, 3.63) is 29.7 Å². The van der Waals surface area contributed by atoms with E-state index in [2.05, 4.69) is 26.3 Å². The number of anilines is 1. The lowest BCUT2D eigenvalue weighted by Gasteiger charge is -2.27. The van der Waals surface area contributed by atoms with Gasteiger partial charge in [-0.15, -0.1) is 0 Å². The van der Waals surface area contributed by atoms with Gasteiger partial charge >= 0.3 is 0 Å². The highest BCUT2D eigenvalue weighted by atomic mass is 16.5. The van der Waals surface area contributed by atoms with Crippen LogP contribution < -0.4 is 10.2 Å². The van der Waals surface area contributed by atoms with Crippen molar-refractivity contribution >= 4 is 5.82 Å². The molecule has 1 N–H and O–H groups in total. The molecule has 1 aromatic heterocycles. The Morgan fingerprint density at radius 2 is 2.25 bits per heavy atom. The van der Waals surface area contributed by atoms with E-state index in [0.717, 1.165) is 44.2 Å². The maximum Gasteiger partial charge on any atom is 0.147 e. The lowest BCUT2D eigenvalue weighted by Crippen LogP contribution is -2.30. The third kappa shape index (κ3) is 3.55. The second-order valence-corrected chi connectivity index (χ2v) is 5.51. The molecule has 0 amide bonds. The lowest BCUT2D eigenvalue weighted by atomic mass is 10.1. The third-order valence-corrected chi connectivity index (χ3v) is 3.80. The van der Waals surface area contributed by atoms with Gasteiger partial charge < -0.3 is 15.0 Å². The molecule has 0 spiro atoms. The molecule has 108 valence electrons. The van der Waals surface area contributed by atoms with Crippen molar-refractivity contribution in [3.8, 4) is 0 Å². The molecular formula is C15H22N4O. The van der Waals surface area contributed by atoms with Crippen molar-refractivity contribution < 1.29 is 4.74 Å². The summed E-state index contributed by atoms with van der Waals surface area (Å²) in [4.78, 5) is 11.3. The Hall–Kier alpha value is -1.46. The van der Waals surface area contributed by atoms with E-state index in [9.17, 15) is 0 Å². The first-order valence-electron chi connectivity index (χ1n) is 7.31. The fourth-order valence-electron chi connectivity index (χ4n) is 2.37. The van der Waals surface area contributed by atoms with Crippen LogP contribution >= 0.6 is 0 Å². The van der Waals surface area contributed by atoms with Gasteiger partial charge in [-0.05, 0) is 24.8 Å². The highest BCUT2D eigenvalue weighted by molar-refractivity contribution is 5.39. The van der Waals surface area contributed by atoms with Crippen molar-refractivity contribution in [3.63, 3.8) is 0 Å². The van der Waals surface area contributed by atoms with E-state index in [1.807, 2.05) is 12.4 Å². The Labute approximate surface area is 120 Å². The van der Waals surface area contributed by atoms with Crippen LogP contribution in [0.5, 0.6) is 0 Å². The standard InChI is InChI=1S/C15H22N4O/c1-20-11-12-4-6-19(7-5-12)15-10-17-14(9-18-15)8-16-13-2-3-13/h4,9-10,13,16H,2-3,5-8,11H2,1H3. The molecule has 1 saturated carbocycles. The summed E-state index contributed by atoms with van der Waals surface area (Å²) in [5.74, 6) is 0.966. The summed E-state index contributed by atoms with van der Waals surface area (Å²) in [7, 11) is 1.74. The van der Waals surface area contributed by atoms with E-state index in [-0.39, 0.29) is 0 Å². The summed E-state index contributed by atoms with van der Waals surface area (Å²) in [6.45, 7) is 3.46. The van der Waals surface area contributed by atoms with Crippen LogP contribution in [-0.2, 0) is 11.3 Å². The van der Waals surface area contributed by atoms with E-state index in [1.54, 1.807) is 7.11 Å². The lowest BCUT2D eigenvalue weighted by molar-refractivity contribution is 0.222. The molecule has 0 unspecified atom stereocenters. The van der Waals surface area contributed by atoms with Gasteiger partial charge in [0.25, 0.3) is 0 Å². The Kier molecular flexibility index (Phi) is 4.28. The number of nitrogens with one attached hydrogen (secondary N) is 1. The van der Waals surface area contributed by atoms with Crippen molar-refractivity contribution in [2.45, 2.75) is 31.8 Å². The van der Waals surface area contributed by atoms with Gasteiger partial charge in [0.15, 0.2) is 0 Å². The second-order valence-electron chi connectivity index (χ2n) is 5.51. The van der Waals surface area contributed by atoms with E-state index in [0.29, 0.717) is 6.04 Å². The largest absolute Gasteiger partial charge is 0.380 e. The molecule has 3 rings (SSSR count). The highest BCUT2D eigenvalue weighted by Crippen LogP contribution is 2.19. The van der Waals surface area contributed by atoms with Crippen LogP contribution in [0.4, 0.5) is 5.82 Å². The predicted molar refractivity (Wildman–Crippen MR) is 78.7 cm³/mol. The number of hydrogen-bond donors (Lipinski definition) is 1. The van der Waals surface area contributed by atoms with Crippen LogP contribution in [0.1, 0.15) is 25.0 Å². The molecule has 0 radical (unpaired) electrons. The molecule has 0 saturated heterocycles. The molecule has 1 fully saturated rings. The fraction of sp³-hybridized carbons (Fsp3) is 0.600. The molecule has 20 heavy (non-hydrogen) atoms. The minimum absolute atomic E-state index is 0.711. The second kappa shape index (κ2) is 6.33. The van der Waals surface area contributed by atoms with Crippen LogP contribution in [0.15, 0.2) is 24.0 Å². The number of aromatic nitrogens is 2. The Morgan fingerprint density at radius 1 is 1.35 bits per heavy atom. The Balaban J connectivity index is 1.54. The van der Waals surface area contributed by atoms with Gasteiger partial charge in [-0.25, -0.2) is 4.98 Å². The van der Waals surface area contributed by atoms with Gasteiger partial charge in [-0.2, -0.15) is 0 Å². The summed E-state index contributed by atoms with van der Waals surface area (Å²) in [6.07, 6.45) is 9.65. The molecule has 1 aliphatic heterocycles. The van der Waals surface area contributed by atoms with Gasteiger partial charge in [0, 0.05) is 32.8 Å². The number of nitrogens with zero attached hydrogens (tertiary/aromatic N) is 3. The Morgan fingerprint density at radius 3 is 2.85 bits per heavy atom. The number of methoxy groups -OCH3 is 1. The highest BCUT2D eigenvalue weighted by Gasteiger charge is 2.20. The van der Waals surface area contributed by atoms with Crippen LogP contribution in [0.2, 0.25) is 0 Å². The number of ether oxygens (including phenoxy) is 1. The normalized spacial score (nSPS) is 19.1. The zero-order chi connectivity index (χ0) is 13.8. The zero-order valence-electron chi connectivity index (χ0n) is 12.0. The quantitative estimate of drug-likeness (QED) is 0.797. The molecule has 2 heterocycles. The van der Waals surface area contributed by atoms with Gasteiger partial charge in [0.05, 0.1) is 24.7 Å². The van der Waals surface area contributed by atoms with Crippen molar-refractivity contribution in [1.29, 1.82) is 0 Å². The summed E-state index contributed by atoms with van der Waals surface area (Å²) in [5.41, 5.74) is 2.40. The average molecular weight is 274 g/mol. The molecule has 5 heteroatoms. The zero-order valence-corrected chi connectivity index (χ0v) is 12.0. The van der Waals surface area contributed by atoms with Gasteiger partial charge in [0.1, 0.15) is 5.82 Å². The van der Waals surface area contributed by atoms with Crippen molar-refractivity contribution in [2.75, 3.05) is 31.7 Å². The third-order valence-electron chi connectivity index (χ3n) is 3.80. The first-order chi connectivity index (χ1) is 9.85. The maximum absolute atomic E-state index is 5.17. The van der Waals surface area contributed by atoms with Crippen LogP contribution in [0.3, 0.4) is 0 Å². The van der Waals surface area contributed by atoms with Gasteiger partial charge in [-0.1, -0.05) is 6.08 Å². The van der Waals surface area contributed by atoms with Gasteiger partial charge in [-0.3, -0.25) is 4.98 Å². The number of rotatable bonds is 6. The molecule has 0 aromatic carbocycles. The fourth-order valence-corrected chi connectivity index (χ4v) is 2.37. The minimum atomic E-state index is 0.711. The monoisotopic (exact) mass is 274 g/mol. The summed E-state index contributed by atoms with van der Waals surface area (Å²) in [5, 5.41) is 3.45. The van der Waals surface area contributed by atoms with E-state index >= 15 is 0 Å². The molecular weight excluding hydrogens is 252 g/mol. The topological polar surface area (TPSA) is 50.3 Å². The Bertz CT molecular complexity index is 467. The minimum Gasteiger partial charge on any atom is -0.380 e. The van der Waals surface area contributed by atoms with Crippen LogP contribution in [-0.4, -0.2) is 42.8 Å². The SMILES string of the molecule is COCC1=CCN(c2cnc(CNC3CC3)cn2)CC1. The summed E-state index contributed by atoms with van der Waals surface area (Å²) >= 11 is 0. The van der Waals surface area contributed by atoms with E-state index < -0.39 is 0 Å². The predicted octanol–water partition coefficient (Wildman–Crippen LogP) is 1.51. The maximum atomic E-state index is 5.17. The first-order valence-corrected chi connectivity index (χ1v) is 7.31. The molecule has 1 aliphatic carbocycles. The summed E-state index contributed by atoms with van der Waals surface area (Å²) in [6, 6.07) is 0.711. The smallest absolute Gasteiger partial charge is 0.147 e. The number of hydrogen-bond acceptors (Lipinski definition) is 5. The van der Waals surface area contributed by atoms with Crippen molar-refractivity contribution in [2.24, 2.45) is 0 Å². The van der Waals surface area contributed by atoms with Gasteiger partial charge in [0.2, 0.25) is 0 Å². The summed E-state index contributed by atoms with van der Waals surface area (Å²) < 4.78 is 5.17. The molecule has 1 aromatic rings. The molecule has 2 aliphatic rings. The van der Waals surface area contributed by atoms with E-state index in [1.165, 1.54) is 18.4 Å². The first kappa shape index (κ1) is 13.5. The molecule has 0 atom stereocenters. The van der Waals surface area contributed by atoms with Crippen LogP contribution in [0, 0.1) is 0 Å². The van der Waals surface area contributed by atoms with Crippen molar-refractivity contribution in [1.82, 2.24) is 15.3 Å². The molecule has 5 nitrogen and oxygen atoms in total. The van der Waals surface area contributed by atoms with Crippen LogP contribution in [0.25, 0.3) is 0 Å². The average Bonchev–Trinajstić information content (AvgIpc) is 3.31. The molecule has 0 bridgehead atoms. The van der Waals surface area contributed by atoms with E-state index in [4.69, 9.17) is 4.74 Å².